The Morgan fingerprint density at radius 3 is 2.38 bits per heavy atom. The molecule has 0 radical (unpaired) electrons. The molecule has 5 nitrogen and oxygen atoms in total. The minimum Gasteiger partial charge on any atom is -0.368 e. The summed E-state index contributed by atoms with van der Waals surface area (Å²) in [4.78, 5) is 23.3. The van der Waals surface area contributed by atoms with Crippen molar-refractivity contribution in [3.63, 3.8) is 0 Å². The Bertz CT molecular complexity index is 182. The average molecular weight is 187 g/mol. The molecule has 0 spiro atoms. The topological polar surface area (TPSA) is 89.4 Å². The third-order valence-electron chi connectivity index (χ3n) is 1.68. The summed E-state index contributed by atoms with van der Waals surface area (Å²) in [6.45, 7) is 2.80. The van der Waals surface area contributed by atoms with Crippen molar-refractivity contribution in [3.05, 3.63) is 0 Å². The monoisotopic (exact) mass is 187 g/mol. The largest absolute Gasteiger partial charge is 0.368 e. The van der Waals surface area contributed by atoms with Gasteiger partial charge in [0.25, 0.3) is 0 Å². The van der Waals surface area contributed by atoms with Crippen LogP contribution < -0.4 is 11.5 Å². The van der Waals surface area contributed by atoms with Crippen molar-refractivity contribution in [1.29, 1.82) is 0 Å². The van der Waals surface area contributed by atoms with E-state index in [4.69, 9.17) is 11.5 Å². The zero-order chi connectivity index (χ0) is 10.3. The summed E-state index contributed by atoms with van der Waals surface area (Å²) in [7, 11) is 0. The second-order valence-electron chi connectivity index (χ2n) is 2.77. The van der Waals surface area contributed by atoms with Crippen molar-refractivity contribution in [2.75, 3.05) is 19.6 Å². The van der Waals surface area contributed by atoms with E-state index in [2.05, 4.69) is 0 Å². The highest BCUT2D eigenvalue weighted by atomic mass is 16.2. The number of nitrogens with zero attached hydrogens (tertiary/aromatic N) is 1. The Balaban J connectivity index is 3.92. The molecule has 5 heteroatoms. The number of hydrogen-bond donors (Lipinski definition) is 2. The van der Waals surface area contributed by atoms with Crippen LogP contribution in [0.5, 0.6) is 0 Å². The van der Waals surface area contributed by atoms with Crippen LogP contribution in [-0.2, 0) is 9.59 Å². The molecular formula is C8H17N3O2. The van der Waals surface area contributed by atoms with Crippen LogP contribution in [0.3, 0.4) is 0 Å². The number of hydrogen-bond acceptors (Lipinski definition) is 3. The SMILES string of the molecule is CCN(CC(N)=O)C(=O)CCCN. The molecule has 0 bridgehead atoms. The summed E-state index contributed by atoms with van der Waals surface area (Å²) in [5.74, 6) is -0.547. The average Bonchev–Trinajstić information content (AvgIpc) is 2.09. The van der Waals surface area contributed by atoms with Gasteiger partial charge in [-0.05, 0) is 19.9 Å². The first kappa shape index (κ1) is 11.9. The quantitative estimate of drug-likeness (QED) is 0.562. The second-order valence-corrected chi connectivity index (χ2v) is 2.77. The van der Waals surface area contributed by atoms with E-state index >= 15 is 0 Å². The van der Waals surface area contributed by atoms with Crippen molar-refractivity contribution < 1.29 is 9.59 Å². The molecule has 0 unspecified atom stereocenters. The van der Waals surface area contributed by atoms with Crippen LogP contribution in [0.2, 0.25) is 0 Å². The maximum absolute atomic E-state index is 11.3. The number of carbonyl (C=O) groups excluding carboxylic acids is 2. The molecule has 0 fully saturated rings. The molecule has 0 aliphatic carbocycles. The van der Waals surface area contributed by atoms with Crippen molar-refractivity contribution in [1.82, 2.24) is 4.90 Å². The lowest BCUT2D eigenvalue weighted by Crippen LogP contribution is -2.38. The van der Waals surface area contributed by atoms with Crippen LogP contribution in [0.25, 0.3) is 0 Å². The molecule has 0 aromatic rings. The fourth-order valence-electron chi connectivity index (χ4n) is 0.976. The van der Waals surface area contributed by atoms with Gasteiger partial charge >= 0.3 is 0 Å². The molecule has 0 aliphatic rings. The van der Waals surface area contributed by atoms with Crippen molar-refractivity contribution in [2.24, 2.45) is 11.5 Å². The summed E-state index contributed by atoms with van der Waals surface area (Å²) in [5, 5.41) is 0. The molecule has 0 atom stereocenters. The number of rotatable bonds is 6. The predicted molar refractivity (Wildman–Crippen MR) is 49.7 cm³/mol. The van der Waals surface area contributed by atoms with E-state index in [0.717, 1.165) is 0 Å². The third-order valence-corrected chi connectivity index (χ3v) is 1.68. The molecular weight excluding hydrogens is 170 g/mol. The predicted octanol–water partition coefficient (Wildman–Crippen LogP) is -0.941. The maximum atomic E-state index is 11.3. The van der Waals surface area contributed by atoms with Crippen molar-refractivity contribution in [3.8, 4) is 0 Å². The summed E-state index contributed by atoms with van der Waals surface area (Å²) < 4.78 is 0. The van der Waals surface area contributed by atoms with Gasteiger partial charge in [0.15, 0.2) is 0 Å². The Morgan fingerprint density at radius 1 is 1.38 bits per heavy atom. The van der Waals surface area contributed by atoms with Crippen LogP contribution in [0.15, 0.2) is 0 Å². The van der Waals surface area contributed by atoms with Gasteiger partial charge in [-0.2, -0.15) is 0 Å². The fraction of sp³-hybridized carbons (Fsp3) is 0.750. The molecule has 2 amide bonds. The normalized spacial score (nSPS) is 9.69. The Kier molecular flexibility index (Phi) is 5.88. The van der Waals surface area contributed by atoms with Crippen molar-refractivity contribution in [2.45, 2.75) is 19.8 Å². The van der Waals surface area contributed by atoms with Gasteiger partial charge in [-0.25, -0.2) is 0 Å². The Hall–Kier alpha value is -1.10. The van der Waals surface area contributed by atoms with Crippen LogP contribution >= 0.6 is 0 Å². The van der Waals surface area contributed by atoms with Gasteiger partial charge in [0.05, 0.1) is 6.54 Å². The number of nitrogens with two attached hydrogens (primary N) is 2. The van der Waals surface area contributed by atoms with E-state index in [-0.39, 0.29) is 12.5 Å². The maximum Gasteiger partial charge on any atom is 0.237 e. The van der Waals surface area contributed by atoms with Crippen molar-refractivity contribution >= 4 is 11.8 Å². The van der Waals surface area contributed by atoms with Crippen LogP contribution in [0.1, 0.15) is 19.8 Å². The van der Waals surface area contributed by atoms with E-state index in [9.17, 15) is 9.59 Å². The number of primary amides is 1. The molecule has 0 rings (SSSR count). The number of carbonyl (C=O) groups is 2. The fourth-order valence-corrected chi connectivity index (χ4v) is 0.976. The molecule has 0 aliphatic heterocycles. The zero-order valence-corrected chi connectivity index (χ0v) is 7.95. The molecule has 0 aromatic carbocycles. The molecule has 13 heavy (non-hydrogen) atoms. The van der Waals surface area contributed by atoms with E-state index in [1.54, 1.807) is 0 Å². The first-order valence-corrected chi connectivity index (χ1v) is 4.38. The van der Waals surface area contributed by atoms with Gasteiger partial charge in [0.2, 0.25) is 11.8 Å². The summed E-state index contributed by atoms with van der Waals surface area (Å²) >= 11 is 0. The standard InChI is InChI=1S/C8H17N3O2/c1-2-11(6-7(10)12)8(13)4-3-5-9/h2-6,9H2,1H3,(H2,10,12). The number of amides is 2. The lowest BCUT2D eigenvalue weighted by molar-refractivity contribution is -0.135. The minimum atomic E-state index is -0.483. The van der Waals surface area contributed by atoms with Gasteiger partial charge in [-0.1, -0.05) is 0 Å². The molecule has 0 heterocycles. The Morgan fingerprint density at radius 2 is 2.00 bits per heavy atom. The van der Waals surface area contributed by atoms with Gasteiger partial charge in [0, 0.05) is 13.0 Å². The van der Waals surface area contributed by atoms with Crippen LogP contribution in [0.4, 0.5) is 0 Å². The van der Waals surface area contributed by atoms with Gasteiger partial charge in [0.1, 0.15) is 0 Å². The minimum absolute atomic E-state index is 0.0000945. The first-order valence-electron chi connectivity index (χ1n) is 4.38. The molecule has 0 aromatic heterocycles. The lowest BCUT2D eigenvalue weighted by atomic mass is 10.2. The third kappa shape index (κ3) is 5.19. The highest BCUT2D eigenvalue weighted by Gasteiger charge is 2.12. The summed E-state index contributed by atoms with van der Waals surface area (Å²) in [6, 6.07) is 0. The van der Waals surface area contributed by atoms with Crippen LogP contribution in [-0.4, -0.2) is 36.3 Å². The van der Waals surface area contributed by atoms with Crippen LogP contribution in [0, 0.1) is 0 Å². The van der Waals surface area contributed by atoms with Gasteiger partial charge in [-0.3, -0.25) is 9.59 Å². The zero-order valence-electron chi connectivity index (χ0n) is 7.95. The summed E-state index contributed by atoms with van der Waals surface area (Å²) in [5.41, 5.74) is 10.2. The lowest BCUT2D eigenvalue weighted by Gasteiger charge is -2.18. The molecule has 0 saturated heterocycles. The molecule has 4 N–H and O–H groups in total. The highest BCUT2D eigenvalue weighted by Crippen LogP contribution is 1.96. The smallest absolute Gasteiger partial charge is 0.237 e. The molecule has 0 saturated carbocycles. The van der Waals surface area contributed by atoms with E-state index in [1.165, 1.54) is 4.90 Å². The van der Waals surface area contributed by atoms with Gasteiger partial charge in [-0.15, -0.1) is 0 Å². The van der Waals surface area contributed by atoms with Gasteiger partial charge < -0.3 is 16.4 Å². The second kappa shape index (κ2) is 6.42. The van der Waals surface area contributed by atoms with E-state index in [1.807, 2.05) is 6.92 Å². The Labute approximate surface area is 78.1 Å². The van der Waals surface area contributed by atoms with E-state index in [0.29, 0.717) is 25.9 Å². The highest BCUT2D eigenvalue weighted by molar-refractivity contribution is 5.83. The number of likely N-dealkylation sites (N-methyl/N-ethyl adjacent to an activating group) is 1. The molecule has 76 valence electrons. The first-order chi connectivity index (χ1) is 6.11. The summed E-state index contributed by atoms with van der Waals surface area (Å²) in [6.07, 6.45) is 1.03. The van der Waals surface area contributed by atoms with E-state index < -0.39 is 5.91 Å².